The Balaban J connectivity index is 2.74. The van der Waals surface area contributed by atoms with Gasteiger partial charge in [-0.05, 0) is 44.8 Å². The monoisotopic (exact) mass is 261 g/mol. The van der Waals surface area contributed by atoms with Crippen LogP contribution >= 0.6 is 23.2 Å². The maximum atomic E-state index is 9.36. The number of hydrogen-bond donors (Lipinski definition) is 1. The van der Waals surface area contributed by atoms with Crippen molar-refractivity contribution in [3.8, 4) is 0 Å². The second-order valence-electron chi connectivity index (χ2n) is 4.14. The Labute approximate surface area is 107 Å². The molecule has 0 heterocycles. The third-order valence-electron chi connectivity index (χ3n) is 2.56. The van der Waals surface area contributed by atoms with Gasteiger partial charge in [0.2, 0.25) is 0 Å². The van der Waals surface area contributed by atoms with Crippen LogP contribution in [0.15, 0.2) is 18.2 Å². The number of aliphatic hydroxyl groups is 1. The van der Waals surface area contributed by atoms with E-state index in [-0.39, 0.29) is 12.5 Å². The van der Waals surface area contributed by atoms with Crippen molar-refractivity contribution in [1.82, 2.24) is 4.90 Å². The highest BCUT2D eigenvalue weighted by atomic mass is 35.5. The van der Waals surface area contributed by atoms with Crippen molar-refractivity contribution in [2.24, 2.45) is 0 Å². The lowest BCUT2D eigenvalue weighted by Gasteiger charge is -2.18. The van der Waals surface area contributed by atoms with Gasteiger partial charge in [0.25, 0.3) is 0 Å². The maximum absolute atomic E-state index is 9.36. The first kappa shape index (κ1) is 13.8. The zero-order valence-electron chi connectivity index (χ0n) is 9.58. The molecular weight excluding hydrogens is 245 g/mol. The van der Waals surface area contributed by atoms with Gasteiger partial charge in [-0.3, -0.25) is 0 Å². The van der Waals surface area contributed by atoms with Crippen LogP contribution in [0.5, 0.6) is 0 Å². The van der Waals surface area contributed by atoms with E-state index in [9.17, 15) is 5.11 Å². The quantitative estimate of drug-likeness (QED) is 0.881. The zero-order chi connectivity index (χ0) is 12.1. The van der Waals surface area contributed by atoms with Crippen molar-refractivity contribution in [1.29, 1.82) is 0 Å². The van der Waals surface area contributed by atoms with Crippen LogP contribution in [0.3, 0.4) is 0 Å². The van der Waals surface area contributed by atoms with E-state index in [0.29, 0.717) is 10.0 Å². The van der Waals surface area contributed by atoms with Crippen LogP contribution in [0.25, 0.3) is 0 Å². The molecule has 1 N–H and O–H groups in total. The Kier molecular flexibility index (Phi) is 5.56. The van der Waals surface area contributed by atoms with E-state index in [1.807, 2.05) is 26.2 Å². The highest BCUT2D eigenvalue weighted by Crippen LogP contribution is 2.27. The molecule has 1 unspecified atom stereocenters. The van der Waals surface area contributed by atoms with Gasteiger partial charge < -0.3 is 10.0 Å². The van der Waals surface area contributed by atoms with E-state index in [4.69, 9.17) is 23.2 Å². The molecule has 16 heavy (non-hydrogen) atoms. The third-order valence-corrected chi connectivity index (χ3v) is 3.30. The average molecular weight is 262 g/mol. The number of rotatable bonds is 5. The number of nitrogens with zero attached hydrogens (tertiary/aromatic N) is 1. The summed E-state index contributed by atoms with van der Waals surface area (Å²) in [5, 5.41) is 10.5. The first-order valence-electron chi connectivity index (χ1n) is 5.25. The zero-order valence-corrected chi connectivity index (χ0v) is 11.1. The minimum Gasteiger partial charge on any atom is -0.396 e. The maximum Gasteiger partial charge on any atom is 0.0595 e. The van der Waals surface area contributed by atoms with Gasteiger partial charge in [0.1, 0.15) is 0 Å². The molecule has 4 heteroatoms. The van der Waals surface area contributed by atoms with Gasteiger partial charge in [0.05, 0.1) is 10.0 Å². The average Bonchev–Trinajstić information content (AvgIpc) is 2.23. The van der Waals surface area contributed by atoms with Crippen LogP contribution < -0.4 is 0 Å². The van der Waals surface area contributed by atoms with E-state index in [2.05, 4.69) is 4.90 Å². The predicted octanol–water partition coefficient (Wildman–Crippen LogP) is 3.02. The fourth-order valence-electron chi connectivity index (χ4n) is 1.54. The Hall–Kier alpha value is -0.280. The molecule has 0 saturated carbocycles. The summed E-state index contributed by atoms with van der Waals surface area (Å²) >= 11 is 11.8. The molecule has 0 aliphatic rings. The fourth-order valence-corrected chi connectivity index (χ4v) is 1.85. The molecule has 1 atom stereocenters. The summed E-state index contributed by atoms with van der Waals surface area (Å²) in [6.07, 6.45) is 0.904. The largest absolute Gasteiger partial charge is 0.396 e. The van der Waals surface area contributed by atoms with Crippen LogP contribution in [0, 0.1) is 0 Å². The Morgan fingerprint density at radius 3 is 2.44 bits per heavy atom. The van der Waals surface area contributed by atoms with Gasteiger partial charge in [-0.1, -0.05) is 29.3 Å². The van der Waals surface area contributed by atoms with E-state index in [0.717, 1.165) is 18.5 Å². The molecule has 0 fully saturated rings. The smallest absolute Gasteiger partial charge is 0.0595 e. The summed E-state index contributed by atoms with van der Waals surface area (Å²) < 4.78 is 0. The molecule has 0 spiro atoms. The van der Waals surface area contributed by atoms with Crippen LogP contribution in [-0.2, 0) is 0 Å². The molecule has 1 aromatic rings. The first-order valence-corrected chi connectivity index (χ1v) is 6.00. The second-order valence-corrected chi connectivity index (χ2v) is 4.96. The lowest BCUT2D eigenvalue weighted by molar-refractivity contribution is 0.247. The SMILES string of the molecule is CN(C)CCC(CO)c1ccc(Cl)c(Cl)c1. The molecule has 2 nitrogen and oxygen atoms in total. The lowest BCUT2D eigenvalue weighted by Crippen LogP contribution is -2.17. The summed E-state index contributed by atoms with van der Waals surface area (Å²) in [5.74, 6) is 0.122. The molecule has 0 bridgehead atoms. The highest BCUT2D eigenvalue weighted by Gasteiger charge is 2.12. The summed E-state index contributed by atoms with van der Waals surface area (Å²) in [7, 11) is 4.03. The first-order chi connectivity index (χ1) is 7.54. The molecule has 1 aromatic carbocycles. The van der Waals surface area contributed by atoms with Gasteiger partial charge in [0, 0.05) is 12.5 Å². The van der Waals surface area contributed by atoms with Crippen LogP contribution in [0.2, 0.25) is 10.0 Å². The van der Waals surface area contributed by atoms with E-state index < -0.39 is 0 Å². The van der Waals surface area contributed by atoms with Crippen LogP contribution in [0.4, 0.5) is 0 Å². The summed E-state index contributed by atoms with van der Waals surface area (Å²) in [5.41, 5.74) is 1.04. The normalized spacial score (nSPS) is 13.1. The Morgan fingerprint density at radius 1 is 1.25 bits per heavy atom. The summed E-state index contributed by atoms with van der Waals surface area (Å²) in [6, 6.07) is 5.53. The van der Waals surface area contributed by atoms with Gasteiger partial charge in [0.15, 0.2) is 0 Å². The molecule has 0 saturated heterocycles. The summed E-state index contributed by atoms with van der Waals surface area (Å²) in [6.45, 7) is 1.07. The molecule has 0 aliphatic heterocycles. The number of aliphatic hydroxyl groups excluding tert-OH is 1. The fraction of sp³-hybridized carbons (Fsp3) is 0.500. The van der Waals surface area contributed by atoms with Gasteiger partial charge in [-0.15, -0.1) is 0 Å². The van der Waals surface area contributed by atoms with E-state index in [1.165, 1.54) is 0 Å². The Bertz CT molecular complexity index is 342. The van der Waals surface area contributed by atoms with E-state index in [1.54, 1.807) is 6.07 Å². The van der Waals surface area contributed by atoms with Crippen molar-refractivity contribution in [2.75, 3.05) is 27.2 Å². The van der Waals surface area contributed by atoms with Gasteiger partial charge in [-0.2, -0.15) is 0 Å². The second kappa shape index (κ2) is 6.45. The third kappa shape index (κ3) is 3.95. The van der Waals surface area contributed by atoms with Gasteiger partial charge in [-0.25, -0.2) is 0 Å². The predicted molar refractivity (Wildman–Crippen MR) is 69.5 cm³/mol. The minimum atomic E-state index is 0.122. The summed E-state index contributed by atoms with van der Waals surface area (Å²) in [4.78, 5) is 2.10. The topological polar surface area (TPSA) is 23.5 Å². The van der Waals surface area contributed by atoms with Crippen LogP contribution in [-0.4, -0.2) is 37.3 Å². The molecule has 1 rings (SSSR count). The van der Waals surface area contributed by atoms with Crippen molar-refractivity contribution in [2.45, 2.75) is 12.3 Å². The van der Waals surface area contributed by atoms with Crippen molar-refractivity contribution < 1.29 is 5.11 Å². The number of benzene rings is 1. The molecule has 0 amide bonds. The van der Waals surface area contributed by atoms with Crippen molar-refractivity contribution in [3.63, 3.8) is 0 Å². The Morgan fingerprint density at radius 2 is 1.94 bits per heavy atom. The molecular formula is C12H17Cl2NO. The van der Waals surface area contributed by atoms with Crippen LogP contribution in [0.1, 0.15) is 17.9 Å². The highest BCUT2D eigenvalue weighted by molar-refractivity contribution is 6.42. The lowest BCUT2D eigenvalue weighted by atomic mass is 9.96. The molecule has 0 aromatic heterocycles. The van der Waals surface area contributed by atoms with E-state index >= 15 is 0 Å². The molecule has 0 aliphatic carbocycles. The number of halogens is 2. The van der Waals surface area contributed by atoms with Crippen molar-refractivity contribution >= 4 is 23.2 Å². The minimum absolute atomic E-state index is 0.122. The molecule has 0 radical (unpaired) electrons. The standard InChI is InChI=1S/C12H17Cl2NO/c1-15(2)6-5-10(8-16)9-3-4-11(13)12(14)7-9/h3-4,7,10,16H,5-6,8H2,1-2H3. The van der Waals surface area contributed by atoms with Gasteiger partial charge >= 0.3 is 0 Å². The molecule has 90 valence electrons. The van der Waals surface area contributed by atoms with Crippen molar-refractivity contribution in [3.05, 3.63) is 33.8 Å². The number of hydrogen-bond acceptors (Lipinski definition) is 2.